The highest BCUT2D eigenvalue weighted by Crippen LogP contribution is 2.17. The second kappa shape index (κ2) is 5.65. The van der Waals surface area contributed by atoms with Crippen molar-refractivity contribution in [3.8, 4) is 0 Å². The molecule has 1 aliphatic heterocycles. The minimum absolute atomic E-state index is 0.0381. The first-order valence-corrected chi connectivity index (χ1v) is 7.12. The van der Waals surface area contributed by atoms with Crippen molar-refractivity contribution in [1.82, 2.24) is 4.90 Å². The summed E-state index contributed by atoms with van der Waals surface area (Å²) in [4.78, 5) is 12.3. The summed E-state index contributed by atoms with van der Waals surface area (Å²) in [7, 11) is -2.99. The summed E-state index contributed by atoms with van der Waals surface area (Å²) >= 11 is 5.37. The zero-order valence-electron chi connectivity index (χ0n) is 8.67. The van der Waals surface area contributed by atoms with E-state index >= 15 is 0 Å². The number of hydrogen-bond donors (Lipinski definition) is 1. The molecule has 1 saturated heterocycles. The van der Waals surface area contributed by atoms with Crippen LogP contribution < -0.4 is 0 Å². The number of sulfone groups is 1. The molecule has 1 heterocycles. The molecule has 1 unspecified atom stereocenters. The Morgan fingerprint density at radius 2 is 2.25 bits per heavy atom. The Labute approximate surface area is 99.6 Å². The van der Waals surface area contributed by atoms with Crippen LogP contribution in [0.5, 0.6) is 0 Å². The Morgan fingerprint density at radius 1 is 1.56 bits per heavy atom. The topological polar surface area (TPSA) is 74.7 Å². The number of halogens is 1. The van der Waals surface area contributed by atoms with Gasteiger partial charge in [0.2, 0.25) is 0 Å². The van der Waals surface area contributed by atoms with Gasteiger partial charge < -0.3 is 5.11 Å². The molecule has 0 radical (unpaired) electrons. The van der Waals surface area contributed by atoms with Crippen LogP contribution in [-0.4, -0.2) is 55.0 Å². The molecule has 0 aromatic rings. The Hall–Kier alpha value is -0.590. The minimum Gasteiger partial charge on any atom is -0.480 e. The van der Waals surface area contributed by atoms with Gasteiger partial charge in [0.15, 0.2) is 9.84 Å². The van der Waals surface area contributed by atoms with Crippen LogP contribution in [0, 0.1) is 0 Å². The Bertz CT molecular complexity index is 379. The zero-order valence-corrected chi connectivity index (χ0v) is 10.2. The highest BCUT2D eigenvalue weighted by atomic mass is 35.5. The zero-order chi connectivity index (χ0) is 12.2. The van der Waals surface area contributed by atoms with Crippen molar-refractivity contribution in [2.75, 3.05) is 24.6 Å². The van der Waals surface area contributed by atoms with Gasteiger partial charge in [0.25, 0.3) is 0 Å². The van der Waals surface area contributed by atoms with Crippen molar-refractivity contribution < 1.29 is 18.3 Å². The van der Waals surface area contributed by atoms with Gasteiger partial charge in [0, 0.05) is 18.1 Å². The van der Waals surface area contributed by atoms with E-state index in [9.17, 15) is 13.2 Å². The molecule has 0 aromatic heterocycles. The highest BCUT2D eigenvalue weighted by Gasteiger charge is 2.32. The van der Waals surface area contributed by atoms with Crippen LogP contribution in [0.1, 0.15) is 6.42 Å². The fourth-order valence-corrected chi connectivity index (χ4v) is 3.60. The first kappa shape index (κ1) is 13.5. The van der Waals surface area contributed by atoms with Crippen molar-refractivity contribution in [2.45, 2.75) is 12.5 Å². The summed E-state index contributed by atoms with van der Waals surface area (Å²) in [6, 6.07) is -0.214. The van der Waals surface area contributed by atoms with Crippen LogP contribution >= 0.6 is 11.6 Å². The molecule has 16 heavy (non-hydrogen) atoms. The molecule has 0 saturated carbocycles. The maximum atomic E-state index is 11.3. The Kier molecular flexibility index (Phi) is 4.76. The molecule has 0 bridgehead atoms. The predicted octanol–water partition coefficient (Wildman–Crippen LogP) is 0.313. The number of carboxylic acid groups (broad SMARTS) is 1. The number of hydrogen-bond acceptors (Lipinski definition) is 4. The summed E-state index contributed by atoms with van der Waals surface area (Å²) < 4.78 is 22.6. The van der Waals surface area contributed by atoms with Crippen LogP contribution in [0.4, 0.5) is 0 Å². The van der Waals surface area contributed by atoms with Crippen molar-refractivity contribution in [3.63, 3.8) is 0 Å². The lowest BCUT2D eigenvalue weighted by Crippen LogP contribution is -2.40. The lowest BCUT2D eigenvalue weighted by molar-refractivity contribution is -0.138. The standard InChI is InChI=1S/C9H14ClNO4S/c10-3-1-4-11(6-9(12)13)8-2-5-16(14,15)7-8/h1,3,8H,2,4-7H2,(H,12,13)/b3-1+. The molecule has 0 spiro atoms. The molecule has 5 nitrogen and oxygen atoms in total. The molecule has 1 rings (SSSR count). The maximum Gasteiger partial charge on any atom is 0.317 e. The molecule has 92 valence electrons. The number of nitrogens with zero attached hydrogens (tertiary/aromatic N) is 1. The van der Waals surface area contributed by atoms with Gasteiger partial charge >= 0.3 is 5.97 Å². The van der Waals surface area contributed by atoms with Gasteiger partial charge in [0.1, 0.15) is 0 Å². The Balaban J connectivity index is 2.65. The second-order valence-electron chi connectivity index (χ2n) is 3.74. The average molecular weight is 268 g/mol. The Morgan fingerprint density at radius 3 is 2.69 bits per heavy atom. The van der Waals surface area contributed by atoms with Crippen molar-refractivity contribution in [1.29, 1.82) is 0 Å². The van der Waals surface area contributed by atoms with Gasteiger partial charge in [-0.25, -0.2) is 8.42 Å². The van der Waals surface area contributed by atoms with Crippen LogP contribution in [-0.2, 0) is 14.6 Å². The predicted molar refractivity (Wildman–Crippen MR) is 61.3 cm³/mol. The SMILES string of the molecule is O=C(O)CN(C/C=C/Cl)C1CCS(=O)(=O)C1. The number of carbonyl (C=O) groups is 1. The van der Waals surface area contributed by atoms with E-state index in [1.165, 1.54) is 5.54 Å². The lowest BCUT2D eigenvalue weighted by atomic mass is 10.2. The summed E-state index contributed by atoms with van der Waals surface area (Å²) in [5.41, 5.74) is 1.30. The quantitative estimate of drug-likeness (QED) is 0.776. The van der Waals surface area contributed by atoms with Crippen LogP contribution in [0.2, 0.25) is 0 Å². The second-order valence-corrected chi connectivity index (χ2v) is 6.22. The summed E-state index contributed by atoms with van der Waals surface area (Å²) in [6.07, 6.45) is 2.10. The largest absolute Gasteiger partial charge is 0.480 e. The van der Waals surface area contributed by atoms with Gasteiger partial charge in [-0.05, 0) is 6.42 Å². The van der Waals surface area contributed by atoms with E-state index in [4.69, 9.17) is 16.7 Å². The molecule has 0 aromatic carbocycles. The van der Waals surface area contributed by atoms with E-state index in [1.807, 2.05) is 0 Å². The lowest BCUT2D eigenvalue weighted by Gasteiger charge is -2.24. The summed E-state index contributed by atoms with van der Waals surface area (Å²) in [5.74, 6) is -0.790. The van der Waals surface area contributed by atoms with Crippen molar-refractivity contribution in [2.24, 2.45) is 0 Å². The average Bonchev–Trinajstić information content (AvgIpc) is 2.52. The number of rotatable bonds is 5. The number of carboxylic acids is 1. The first-order chi connectivity index (χ1) is 7.44. The van der Waals surface area contributed by atoms with Crippen LogP contribution in [0.25, 0.3) is 0 Å². The number of aliphatic carboxylic acids is 1. The van der Waals surface area contributed by atoms with Crippen LogP contribution in [0.15, 0.2) is 11.6 Å². The third kappa shape index (κ3) is 4.11. The fraction of sp³-hybridized carbons (Fsp3) is 0.667. The monoisotopic (exact) mass is 267 g/mol. The molecule has 0 amide bonds. The van der Waals surface area contributed by atoms with Crippen molar-refractivity contribution >= 4 is 27.4 Å². The van der Waals surface area contributed by atoms with Gasteiger partial charge in [-0.15, -0.1) is 0 Å². The smallest absolute Gasteiger partial charge is 0.317 e. The van der Waals surface area contributed by atoms with Crippen LogP contribution in [0.3, 0.4) is 0 Å². The molecular weight excluding hydrogens is 254 g/mol. The van der Waals surface area contributed by atoms with Gasteiger partial charge in [-0.2, -0.15) is 0 Å². The molecule has 1 fully saturated rings. The third-order valence-electron chi connectivity index (χ3n) is 2.49. The van der Waals surface area contributed by atoms with E-state index in [0.29, 0.717) is 13.0 Å². The summed E-state index contributed by atoms with van der Waals surface area (Å²) in [6.45, 7) is 0.192. The van der Waals surface area contributed by atoms with E-state index in [1.54, 1.807) is 11.0 Å². The third-order valence-corrected chi connectivity index (χ3v) is 4.42. The normalized spacial score (nSPS) is 24.2. The molecule has 7 heteroatoms. The first-order valence-electron chi connectivity index (χ1n) is 4.86. The molecule has 1 aliphatic rings. The van der Waals surface area contributed by atoms with E-state index in [0.717, 1.165) is 0 Å². The minimum atomic E-state index is -2.99. The maximum absolute atomic E-state index is 11.3. The van der Waals surface area contributed by atoms with E-state index in [2.05, 4.69) is 0 Å². The van der Waals surface area contributed by atoms with E-state index in [-0.39, 0.29) is 24.1 Å². The van der Waals surface area contributed by atoms with Gasteiger partial charge in [0.05, 0.1) is 18.1 Å². The highest BCUT2D eigenvalue weighted by molar-refractivity contribution is 7.91. The van der Waals surface area contributed by atoms with Crippen molar-refractivity contribution in [3.05, 3.63) is 11.6 Å². The van der Waals surface area contributed by atoms with Gasteiger partial charge in [-0.1, -0.05) is 17.7 Å². The molecule has 1 atom stereocenters. The fourth-order valence-electron chi connectivity index (χ4n) is 1.76. The van der Waals surface area contributed by atoms with Gasteiger partial charge in [-0.3, -0.25) is 9.69 Å². The molecule has 0 aliphatic carbocycles. The molecular formula is C9H14ClNO4S. The van der Waals surface area contributed by atoms with E-state index < -0.39 is 15.8 Å². The summed E-state index contributed by atoms with van der Waals surface area (Å²) in [5, 5.41) is 8.73. The molecule has 1 N–H and O–H groups in total.